The van der Waals surface area contributed by atoms with Crippen molar-refractivity contribution in [3.05, 3.63) is 53.8 Å². The lowest BCUT2D eigenvalue weighted by atomic mass is 10.0. The zero-order valence-corrected chi connectivity index (χ0v) is 9.81. The first kappa shape index (κ1) is 12.1. The highest BCUT2D eigenvalue weighted by Gasteiger charge is 2.12. The van der Waals surface area contributed by atoms with Crippen LogP contribution in [-0.2, 0) is 4.74 Å². The minimum Gasteiger partial charge on any atom is -0.465 e. The van der Waals surface area contributed by atoms with Crippen LogP contribution in [0.3, 0.4) is 0 Å². The molecule has 92 valence electrons. The van der Waals surface area contributed by atoms with Gasteiger partial charge in [0.2, 0.25) is 0 Å². The molecule has 18 heavy (non-hydrogen) atoms. The molecular weight excluding hydrogens is 233 g/mol. The van der Waals surface area contributed by atoms with E-state index in [-0.39, 0.29) is 5.56 Å². The molecule has 2 N–H and O–H groups in total. The Balaban J connectivity index is 2.40. The number of nitrogens with two attached hydrogens (primary N) is 1. The fraction of sp³-hybridized carbons (Fsp3) is 0.0714. The molecule has 0 aliphatic carbocycles. The number of hydrogen-bond donors (Lipinski definition) is 1. The Morgan fingerprint density at radius 2 is 1.72 bits per heavy atom. The van der Waals surface area contributed by atoms with Crippen molar-refractivity contribution < 1.29 is 13.9 Å². The number of carbonyl (C=O) groups is 1. The van der Waals surface area contributed by atoms with Crippen LogP contribution in [0.1, 0.15) is 10.4 Å². The van der Waals surface area contributed by atoms with E-state index in [2.05, 4.69) is 4.74 Å². The first-order valence-electron chi connectivity index (χ1n) is 5.35. The van der Waals surface area contributed by atoms with Gasteiger partial charge < -0.3 is 10.5 Å². The van der Waals surface area contributed by atoms with Crippen molar-refractivity contribution >= 4 is 11.7 Å². The molecular formula is C14H12FNO2. The van der Waals surface area contributed by atoms with Crippen LogP contribution in [0.5, 0.6) is 0 Å². The second kappa shape index (κ2) is 4.87. The van der Waals surface area contributed by atoms with Crippen molar-refractivity contribution in [2.75, 3.05) is 12.8 Å². The molecule has 2 rings (SSSR count). The summed E-state index contributed by atoms with van der Waals surface area (Å²) >= 11 is 0. The van der Waals surface area contributed by atoms with E-state index in [9.17, 15) is 9.18 Å². The van der Waals surface area contributed by atoms with Crippen LogP contribution in [-0.4, -0.2) is 13.1 Å². The van der Waals surface area contributed by atoms with E-state index in [0.717, 1.165) is 5.56 Å². The van der Waals surface area contributed by atoms with Gasteiger partial charge in [-0.2, -0.15) is 0 Å². The van der Waals surface area contributed by atoms with Crippen molar-refractivity contribution in [3.63, 3.8) is 0 Å². The van der Waals surface area contributed by atoms with E-state index in [1.165, 1.54) is 19.2 Å². The number of halogens is 1. The smallest absolute Gasteiger partial charge is 0.340 e. The summed E-state index contributed by atoms with van der Waals surface area (Å²) in [7, 11) is 1.22. The molecule has 0 bridgehead atoms. The van der Waals surface area contributed by atoms with Crippen molar-refractivity contribution in [2.45, 2.75) is 0 Å². The number of benzene rings is 2. The fourth-order valence-corrected chi connectivity index (χ4v) is 1.65. The monoisotopic (exact) mass is 245 g/mol. The molecule has 3 nitrogen and oxygen atoms in total. The largest absolute Gasteiger partial charge is 0.465 e. The van der Waals surface area contributed by atoms with Gasteiger partial charge in [-0.1, -0.05) is 18.2 Å². The number of carbonyl (C=O) groups excluding carboxylic acids is 1. The van der Waals surface area contributed by atoms with E-state index in [1.807, 2.05) is 0 Å². The maximum absolute atomic E-state index is 13.7. The highest BCUT2D eigenvalue weighted by molar-refractivity contribution is 5.90. The van der Waals surface area contributed by atoms with Crippen molar-refractivity contribution in [1.82, 2.24) is 0 Å². The topological polar surface area (TPSA) is 52.3 Å². The SMILES string of the molecule is COC(=O)c1ccc(-c2ccc(N)cc2)cc1F. The average molecular weight is 245 g/mol. The third-order valence-electron chi connectivity index (χ3n) is 2.62. The normalized spacial score (nSPS) is 10.1. The number of hydrogen-bond acceptors (Lipinski definition) is 3. The number of nitrogen functional groups attached to an aromatic ring is 1. The Morgan fingerprint density at radius 3 is 2.28 bits per heavy atom. The number of anilines is 1. The van der Waals surface area contributed by atoms with Gasteiger partial charge in [-0.25, -0.2) is 9.18 Å². The summed E-state index contributed by atoms with van der Waals surface area (Å²) < 4.78 is 18.2. The number of rotatable bonds is 2. The number of ether oxygens (including phenoxy) is 1. The molecule has 0 saturated heterocycles. The molecule has 4 heteroatoms. The van der Waals surface area contributed by atoms with Gasteiger partial charge in [-0.3, -0.25) is 0 Å². The molecule has 0 fully saturated rings. The summed E-state index contributed by atoms with van der Waals surface area (Å²) in [6.45, 7) is 0. The molecule has 0 saturated carbocycles. The first-order chi connectivity index (χ1) is 8.61. The first-order valence-corrected chi connectivity index (χ1v) is 5.35. The van der Waals surface area contributed by atoms with Crippen molar-refractivity contribution in [1.29, 1.82) is 0 Å². The molecule has 0 unspecified atom stereocenters. The second-order valence-electron chi connectivity index (χ2n) is 3.81. The molecule has 0 aliphatic rings. The molecule has 2 aromatic rings. The summed E-state index contributed by atoms with van der Waals surface area (Å²) in [5, 5.41) is 0. The van der Waals surface area contributed by atoms with Crippen LogP contribution in [0.15, 0.2) is 42.5 Å². The van der Waals surface area contributed by atoms with Gasteiger partial charge in [0.1, 0.15) is 5.82 Å². The van der Waals surface area contributed by atoms with Gasteiger partial charge >= 0.3 is 5.97 Å². The maximum Gasteiger partial charge on any atom is 0.340 e. The van der Waals surface area contributed by atoms with Gasteiger partial charge in [0.25, 0.3) is 0 Å². The fourth-order valence-electron chi connectivity index (χ4n) is 1.65. The third-order valence-corrected chi connectivity index (χ3v) is 2.62. The molecule has 0 spiro atoms. The lowest BCUT2D eigenvalue weighted by Gasteiger charge is -2.05. The Labute approximate surface area is 104 Å². The molecule has 0 radical (unpaired) electrons. The molecule has 2 aromatic carbocycles. The average Bonchev–Trinajstić information content (AvgIpc) is 2.38. The number of esters is 1. The van der Waals surface area contributed by atoms with Crippen LogP contribution >= 0.6 is 0 Å². The standard InChI is InChI=1S/C14H12FNO2/c1-18-14(17)12-7-4-10(8-13(12)15)9-2-5-11(16)6-3-9/h2-8H,16H2,1H3. The molecule has 0 aromatic heterocycles. The van der Waals surface area contributed by atoms with Gasteiger partial charge in [0, 0.05) is 5.69 Å². The summed E-state index contributed by atoms with van der Waals surface area (Å²) in [6.07, 6.45) is 0. The van der Waals surface area contributed by atoms with E-state index in [0.29, 0.717) is 11.3 Å². The van der Waals surface area contributed by atoms with Gasteiger partial charge in [-0.15, -0.1) is 0 Å². The minimum absolute atomic E-state index is 0.0725. The number of methoxy groups -OCH3 is 1. The highest BCUT2D eigenvalue weighted by Crippen LogP contribution is 2.23. The Morgan fingerprint density at radius 1 is 1.11 bits per heavy atom. The van der Waals surface area contributed by atoms with Gasteiger partial charge in [0.05, 0.1) is 12.7 Å². The lowest BCUT2D eigenvalue weighted by Crippen LogP contribution is -2.04. The lowest BCUT2D eigenvalue weighted by molar-refractivity contribution is 0.0595. The van der Waals surface area contributed by atoms with Gasteiger partial charge in [-0.05, 0) is 35.4 Å². The van der Waals surface area contributed by atoms with Gasteiger partial charge in [0.15, 0.2) is 0 Å². The van der Waals surface area contributed by atoms with Crippen LogP contribution in [0.25, 0.3) is 11.1 Å². The van der Waals surface area contributed by atoms with E-state index in [1.54, 1.807) is 30.3 Å². The van der Waals surface area contributed by atoms with Crippen molar-refractivity contribution in [2.24, 2.45) is 0 Å². The predicted molar refractivity (Wildman–Crippen MR) is 67.6 cm³/mol. The molecule has 0 amide bonds. The Kier molecular flexibility index (Phi) is 3.28. The van der Waals surface area contributed by atoms with E-state index >= 15 is 0 Å². The van der Waals surface area contributed by atoms with Crippen LogP contribution < -0.4 is 5.73 Å². The summed E-state index contributed by atoms with van der Waals surface area (Å²) in [5.74, 6) is -1.28. The molecule has 0 aliphatic heterocycles. The third kappa shape index (κ3) is 2.32. The summed E-state index contributed by atoms with van der Waals surface area (Å²) in [4.78, 5) is 11.2. The van der Waals surface area contributed by atoms with Crippen LogP contribution in [0.4, 0.5) is 10.1 Å². The second-order valence-corrected chi connectivity index (χ2v) is 3.81. The minimum atomic E-state index is -0.684. The predicted octanol–water partition coefficient (Wildman–Crippen LogP) is 2.86. The van der Waals surface area contributed by atoms with E-state index in [4.69, 9.17) is 5.73 Å². The van der Waals surface area contributed by atoms with Crippen LogP contribution in [0, 0.1) is 5.82 Å². The summed E-state index contributed by atoms with van der Waals surface area (Å²) in [5.41, 5.74) is 7.67. The molecule has 0 atom stereocenters. The zero-order chi connectivity index (χ0) is 13.1. The van der Waals surface area contributed by atoms with Crippen LogP contribution in [0.2, 0.25) is 0 Å². The summed E-state index contributed by atoms with van der Waals surface area (Å²) in [6, 6.07) is 11.4. The Bertz CT molecular complexity index is 579. The van der Waals surface area contributed by atoms with E-state index < -0.39 is 11.8 Å². The quantitative estimate of drug-likeness (QED) is 0.653. The van der Waals surface area contributed by atoms with Crippen molar-refractivity contribution in [3.8, 4) is 11.1 Å². The highest BCUT2D eigenvalue weighted by atomic mass is 19.1. The zero-order valence-electron chi connectivity index (χ0n) is 9.81. The Hall–Kier alpha value is -2.36. The molecule has 0 heterocycles. The maximum atomic E-state index is 13.7.